The molecule has 0 radical (unpaired) electrons. The lowest BCUT2D eigenvalue weighted by atomic mass is 9.84. The zero-order chi connectivity index (χ0) is 12.8. The fraction of sp³-hybridized carbons (Fsp3) is 0.917. The molecule has 1 aliphatic rings. The first-order valence-electron chi connectivity index (χ1n) is 6.26. The van der Waals surface area contributed by atoms with E-state index in [9.17, 15) is 9.00 Å². The molecule has 5 heteroatoms. The molecule has 0 aromatic rings. The molecule has 0 bridgehead atoms. The SMILES string of the molecule is CCOC(=O)CC1CCC(N(C)S(C)=O)CC1. The third kappa shape index (κ3) is 4.76. The van der Waals surface area contributed by atoms with Gasteiger partial charge in [0.15, 0.2) is 0 Å². The fourth-order valence-corrected chi connectivity index (χ4v) is 3.01. The van der Waals surface area contributed by atoms with Crippen LogP contribution in [0.15, 0.2) is 0 Å². The molecule has 0 aliphatic heterocycles. The van der Waals surface area contributed by atoms with Crippen LogP contribution in [0.3, 0.4) is 0 Å². The molecule has 0 aromatic carbocycles. The minimum Gasteiger partial charge on any atom is -0.466 e. The second-order valence-corrected chi connectivity index (χ2v) is 6.08. The Hall–Kier alpha value is -0.420. The van der Waals surface area contributed by atoms with Crippen molar-refractivity contribution in [3.05, 3.63) is 0 Å². The van der Waals surface area contributed by atoms with E-state index in [4.69, 9.17) is 4.74 Å². The Bertz CT molecular complexity index is 275. The van der Waals surface area contributed by atoms with Crippen molar-refractivity contribution in [1.29, 1.82) is 0 Å². The molecule has 0 spiro atoms. The van der Waals surface area contributed by atoms with Gasteiger partial charge in [-0.05, 0) is 38.5 Å². The molecule has 100 valence electrons. The first-order chi connectivity index (χ1) is 8.04. The molecule has 0 heterocycles. The van der Waals surface area contributed by atoms with E-state index in [1.54, 1.807) is 6.26 Å². The zero-order valence-electron chi connectivity index (χ0n) is 11.0. The second kappa shape index (κ2) is 7.11. The van der Waals surface area contributed by atoms with Crippen molar-refractivity contribution in [2.45, 2.75) is 45.1 Å². The maximum Gasteiger partial charge on any atom is 0.306 e. The normalized spacial score (nSPS) is 26.8. The van der Waals surface area contributed by atoms with E-state index in [0.29, 0.717) is 25.0 Å². The van der Waals surface area contributed by atoms with Gasteiger partial charge in [0.1, 0.15) is 0 Å². The Morgan fingerprint density at radius 3 is 2.41 bits per heavy atom. The Morgan fingerprint density at radius 2 is 1.94 bits per heavy atom. The quantitative estimate of drug-likeness (QED) is 0.708. The summed E-state index contributed by atoms with van der Waals surface area (Å²) < 4.78 is 18.2. The Labute approximate surface area is 106 Å². The van der Waals surface area contributed by atoms with Crippen molar-refractivity contribution < 1.29 is 13.7 Å². The smallest absolute Gasteiger partial charge is 0.306 e. The highest BCUT2D eigenvalue weighted by molar-refractivity contribution is 7.81. The van der Waals surface area contributed by atoms with Gasteiger partial charge in [-0.3, -0.25) is 4.79 Å². The highest BCUT2D eigenvalue weighted by Crippen LogP contribution is 2.29. The molecule has 0 saturated heterocycles. The molecule has 1 rings (SSSR count). The molecule has 1 atom stereocenters. The molecule has 1 unspecified atom stereocenters. The number of carbonyl (C=O) groups is 1. The van der Waals surface area contributed by atoms with Crippen molar-refractivity contribution in [2.24, 2.45) is 5.92 Å². The van der Waals surface area contributed by atoms with Gasteiger partial charge in [0, 0.05) is 25.8 Å². The third-order valence-electron chi connectivity index (χ3n) is 3.50. The highest BCUT2D eigenvalue weighted by atomic mass is 32.2. The van der Waals surface area contributed by atoms with Crippen molar-refractivity contribution in [3.63, 3.8) is 0 Å². The van der Waals surface area contributed by atoms with Crippen molar-refractivity contribution in [3.8, 4) is 0 Å². The first kappa shape index (κ1) is 14.6. The van der Waals surface area contributed by atoms with Gasteiger partial charge in [0.25, 0.3) is 0 Å². The van der Waals surface area contributed by atoms with Crippen LogP contribution in [0.5, 0.6) is 0 Å². The van der Waals surface area contributed by atoms with E-state index >= 15 is 0 Å². The van der Waals surface area contributed by atoms with Crippen molar-refractivity contribution in [1.82, 2.24) is 4.31 Å². The molecule has 1 aliphatic carbocycles. The van der Waals surface area contributed by atoms with Crippen LogP contribution in [-0.4, -0.2) is 40.4 Å². The topological polar surface area (TPSA) is 46.6 Å². The van der Waals surface area contributed by atoms with Crippen LogP contribution < -0.4 is 0 Å². The van der Waals surface area contributed by atoms with Gasteiger partial charge in [-0.2, -0.15) is 0 Å². The summed E-state index contributed by atoms with van der Waals surface area (Å²) in [4.78, 5) is 11.4. The van der Waals surface area contributed by atoms with Crippen LogP contribution in [-0.2, 0) is 20.5 Å². The fourth-order valence-electron chi connectivity index (χ4n) is 2.38. The molecule has 0 aromatic heterocycles. The maximum absolute atomic E-state index is 11.4. The molecular weight excluding hydrogens is 238 g/mol. The molecule has 4 nitrogen and oxygen atoms in total. The minimum absolute atomic E-state index is 0.0802. The van der Waals surface area contributed by atoms with Gasteiger partial charge in [-0.1, -0.05) is 0 Å². The van der Waals surface area contributed by atoms with E-state index in [2.05, 4.69) is 0 Å². The standard InChI is InChI=1S/C12H23NO3S/c1-4-16-12(14)9-10-5-7-11(8-6-10)13(2)17(3)15/h10-11H,4-9H2,1-3H3. The summed E-state index contributed by atoms with van der Waals surface area (Å²) in [6, 6.07) is 0.402. The summed E-state index contributed by atoms with van der Waals surface area (Å²) >= 11 is 0. The Morgan fingerprint density at radius 1 is 1.35 bits per heavy atom. The summed E-state index contributed by atoms with van der Waals surface area (Å²) in [5.41, 5.74) is 0. The van der Waals surface area contributed by atoms with E-state index < -0.39 is 11.0 Å². The van der Waals surface area contributed by atoms with Crippen LogP contribution in [0.2, 0.25) is 0 Å². The largest absolute Gasteiger partial charge is 0.466 e. The summed E-state index contributed by atoms with van der Waals surface area (Å²) in [6.07, 6.45) is 6.38. The van der Waals surface area contributed by atoms with Crippen LogP contribution in [0.1, 0.15) is 39.0 Å². The number of hydrogen-bond donors (Lipinski definition) is 0. The van der Waals surface area contributed by atoms with E-state index in [1.165, 1.54) is 0 Å². The third-order valence-corrected chi connectivity index (χ3v) is 4.61. The Balaban J connectivity index is 2.30. The van der Waals surface area contributed by atoms with Gasteiger partial charge in [-0.25, -0.2) is 8.51 Å². The van der Waals surface area contributed by atoms with Gasteiger partial charge >= 0.3 is 5.97 Å². The second-order valence-electron chi connectivity index (χ2n) is 4.65. The minimum atomic E-state index is -0.891. The summed E-state index contributed by atoms with van der Waals surface area (Å²) in [7, 11) is 1.02. The number of esters is 1. The van der Waals surface area contributed by atoms with Gasteiger partial charge in [0.2, 0.25) is 0 Å². The lowest BCUT2D eigenvalue weighted by Crippen LogP contribution is -2.36. The predicted octanol–water partition coefficient (Wildman–Crippen LogP) is 1.72. The van der Waals surface area contributed by atoms with Gasteiger partial charge in [0.05, 0.1) is 17.6 Å². The summed E-state index contributed by atoms with van der Waals surface area (Å²) in [6.45, 7) is 2.30. The monoisotopic (exact) mass is 261 g/mol. The summed E-state index contributed by atoms with van der Waals surface area (Å²) in [5.74, 6) is 0.368. The van der Waals surface area contributed by atoms with Gasteiger partial charge < -0.3 is 4.74 Å². The Kier molecular flexibility index (Phi) is 6.12. The summed E-state index contributed by atoms with van der Waals surface area (Å²) in [5, 5.41) is 0. The predicted molar refractivity (Wildman–Crippen MR) is 68.8 cm³/mol. The van der Waals surface area contributed by atoms with Crippen LogP contribution >= 0.6 is 0 Å². The van der Waals surface area contributed by atoms with Crippen molar-refractivity contribution >= 4 is 17.0 Å². The molecule has 0 N–H and O–H groups in total. The molecule has 1 fully saturated rings. The van der Waals surface area contributed by atoms with Crippen LogP contribution in [0.4, 0.5) is 0 Å². The molecule has 1 saturated carbocycles. The lowest BCUT2D eigenvalue weighted by molar-refractivity contribution is -0.144. The zero-order valence-corrected chi connectivity index (χ0v) is 11.8. The highest BCUT2D eigenvalue weighted by Gasteiger charge is 2.26. The number of ether oxygens (including phenoxy) is 1. The average Bonchev–Trinajstić information content (AvgIpc) is 2.29. The maximum atomic E-state index is 11.4. The van der Waals surface area contributed by atoms with Crippen molar-refractivity contribution in [2.75, 3.05) is 19.9 Å². The number of hydrogen-bond acceptors (Lipinski definition) is 3. The lowest BCUT2D eigenvalue weighted by Gasteiger charge is -2.32. The van der Waals surface area contributed by atoms with Crippen LogP contribution in [0.25, 0.3) is 0 Å². The first-order valence-corrected chi connectivity index (χ1v) is 7.78. The molecular formula is C12H23NO3S. The average molecular weight is 261 g/mol. The van der Waals surface area contributed by atoms with E-state index in [0.717, 1.165) is 25.7 Å². The van der Waals surface area contributed by atoms with Gasteiger partial charge in [-0.15, -0.1) is 0 Å². The van der Waals surface area contributed by atoms with E-state index in [-0.39, 0.29) is 5.97 Å². The van der Waals surface area contributed by atoms with E-state index in [1.807, 2.05) is 18.3 Å². The number of nitrogens with zero attached hydrogens (tertiary/aromatic N) is 1. The number of rotatable bonds is 5. The molecule has 0 amide bonds. The molecule has 17 heavy (non-hydrogen) atoms. The number of carbonyl (C=O) groups excluding carboxylic acids is 1. The van der Waals surface area contributed by atoms with Crippen LogP contribution in [0, 0.1) is 5.92 Å².